The van der Waals surface area contributed by atoms with Crippen LogP contribution in [-0.4, -0.2) is 41.6 Å². The van der Waals surface area contributed by atoms with Gasteiger partial charge in [-0.3, -0.25) is 9.59 Å². The van der Waals surface area contributed by atoms with Crippen LogP contribution in [0.3, 0.4) is 0 Å². The van der Waals surface area contributed by atoms with Crippen LogP contribution < -0.4 is 10.2 Å². The maximum atomic E-state index is 12.6. The Balaban J connectivity index is 1.97. The number of halogens is 4. The number of carboxylic acid groups (broad SMARTS) is 1. The molecule has 0 saturated carbocycles. The van der Waals surface area contributed by atoms with Crippen molar-refractivity contribution < 1.29 is 27.9 Å². The number of pyridine rings is 1. The highest BCUT2D eigenvalue weighted by Gasteiger charge is 2.33. The molecule has 2 N–H and O–H groups in total. The summed E-state index contributed by atoms with van der Waals surface area (Å²) in [4.78, 5) is 27.7. The van der Waals surface area contributed by atoms with E-state index in [9.17, 15) is 22.8 Å². The molecule has 1 aromatic rings. The Morgan fingerprint density at radius 3 is 2.50 bits per heavy atom. The second-order valence-electron chi connectivity index (χ2n) is 5.40. The molecule has 0 unspecified atom stereocenters. The van der Waals surface area contributed by atoms with Crippen LogP contribution in [0.1, 0.15) is 18.4 Å². The fraction of sp³-hybridized carbons (Fsp3) is 0.500. The predicted octanol–water partition coefficient (Wildman–Crippen LogP) is 2.17. The van der Waals surface area contributed by atoms with Crippen molar-refractivity contribution in [2.45, 2.75) is 19.0 Å². The molecule has 1 aromatic heterocycles. The monoisotopic (exact) mass is 365 g/mol. The minimum absolute atomic E-state index is 0.0985. The third-order valence-corrected chi connectivity index (χ3v) is 4.01. The van der Waals surface area contributed by atoms with Crippen molar-refractivity contribution in [1.82, 2.24) is 10.3 Å². The van der Waals surface area contributed by atoms with Gasteiger partial charge in [0.05, 0.1) is 10.6 Å². The van der Waals surface area contributed by atoms with Gasteiger partial charge < -0.3 is 15.3 Å². The molecule has 1 aliphatic heterocycles. The summed E-state index contributed by atoms with van der Waals surface area (Å²) in [6.07, 6.45) is -2.91. The van der Waals surface area contributed by atoms with Crippen molar-refractivity contribution in [2.75, 3.05) is 24.5 Å². The van der Waals surface area contributed by atoms with Gasteiger partial charge in [-0.1, -0.05) is 11.6 Å². The van der Waals surface area contributed by atoms with Crippen molar-refractivity contribution in [1.29, 1.82) is 0 Å². The Kier molecular flexibility index (Phi) is 5.53. The smallest absolute Gasteiger partial charge is 0.417 e. The minimum atomic E-state index is -4.51. The van der Waals surface area contributed by atoms with Gasteiger partial charge in [-0.25, -0.2) is 4.98 Å². The van der Waals surface area contributed by atoms with E-state index >= 15 is 0 Å². The second kappa shape index (κ2) is 7.25. The SMILES string of the molecule is O=C(O)CNC(=O)C1CCN(c2ncc(C(F)(F)F)cc2Cl)CC1. The molecule has 1 aliphatic rings. The fourth-order valence-corrected chi connectivity index (χ4v) is 2.76. The van der Waals surface area contributed by atoms with Crippen LogP contribution in [0.15, 0.2) is 12.3 Å². The number of carboxylic acids is 1. The number of piperidine rings is 1. The number of anilines is 1. The molecule has 24 heavy (non-hydrogen) atoms. The van der Waals surface area contributed by atoms with Crippen molar-refractivity contribution >= 4 is 29.3 Å². The molecule has 0 radical (unpaired) electrons. The fourth-order valence-electron chi connectivity index (χ4n) is 2.48. The molecule has 132 valence electrons. The zero-order valence-electron chi connectivity index (χ0n) is 12.4. The topological polar surface area (TPSA) is 82.5 Å². The Morgan fingerprint density at radius 2 is 2.00 bits per heavy atom. The Bertz CT molecular complexity index is 631. The third kappa shape index (κ3) is 4.50. The number of hydrogen-bond acceptors (Lipinski definition) is 4. The first kappa shape index (κ1) is 18.3. The van der Waals surface area contributed by atoms with Crippen LogP contribution in [0.4, 0.5) is 19.0 Å². The van der Waals surface area contributed by atoms with Crippen LogP contribution in [0.2, 0.25) is 5.02 Å². The molecule has 1 fully saturated rings. The molecular formula is C14H15ClF3N3O3. The summed E-state index contributed by atoms with van der Waals surface area (Å²) in [6.45, 7) is 0.345. The van der Waals surface area contributed by atoms with Gasteiger partial charge in [0.2, 0.25) is 5.91 Å². The average molecular weight is 366 g/mol. The van der Waals surface area contributed by atoms with Gasteiger partial charge in [0.1, 0.15) is 12.4 Å². The molecular weight excluding hydrogens is 351 g/mol. The summed E-state index contributed by atoms with van der Waals surface area (Å²) in [7, 11) is 0. The molecule has 1 saturated heterocycles. The van der Waals surface area contributed by atoms with Gasteiger partial charge in [0.15, 0.2) is 0 Å². The lowest BCUT2D eigenvalue weighted by Crippen LogP contribution is -2.42. The van der Waals surface area contributed by atoms with Crippen molar-refractivity contribution in [3.05, 3.63) is 22.8 Å². The van der Waals surface area contributed by atoms with E-state index in [1.807, 2.05) is 0 Å². The van der Waals surface area contributed by atoms with Crippen molar-refractivity contribution in [3.63, 3.8) is 0 Å². The average Bonchev–Trinajstić information content (AvgIpc) is 2.52. The largest absolute Gasteiger partial charge is 0.480 e. The molecule has 2 heterocycles. The number of carbonyl (C=O) groups is 2. The molecule has 6 nitrogen and oxygen atoms in total. The van der Waals surface area contributed by atoms with Crippen molar-refractivity contribution in [3.8, 4) is 0 Å². The number of carbonyl (C=O) groups excluding carboxylic acids is 1. The zero-order chi connectivity index (χ0) is 17.9. The summed E-state index contributed by atoms with van der Waals surface area (Å²) in [5, 5.41) is 10.8. The van der Waals surface area contributed by atoms with E-state index in [4.69, 9.17) is 16.7 Å². The molecule has 0 spiro atoms. The van der Waals surface area contributed by atoms with E-state index in [1.54, 1.807) is 4.90 Å². The van der Waals surface area contributed by atoms with Gasteiger partial charge in [-0.05, 0) is 18.9 Å². The molecule has 0 atom stereocenters. The first-order valence-electron chi connectivity index (χ1n) is 7.15. The zero-order valence-corrected chi connectivity index (χ0v) is 13.2. The summed E-state index contributed by atoms with van der Waals surface area (Å²) in [5.41, 5.74) is -0.917. The highest BCUT2D eigenvalue weighted by atomic mass is 35.5. The Hall–Kier alpha value is -2.03. The van der Waals surface area contributed by atoms with Crippen LogP contribution in [0.5, 0.6) is 0 Å². The second-order valence-corrected chi connectivity index (χ2v) is 5.81. The van der Waals surface area contributed by atoms with E-state index in [2.05, 4.69) is 10.3 Å². The van der Waals surface area contributed by atoms with Gasteiger partial charge in [0, 0.05) is 25.2 Å². The highest BCUT2D eigenvalue weighted by molar-refractivity contribution is 6.33. The minimum Gasteiger partial charge on any atom is -0.480 e. The predicted molar refractivity (Wildman–Crippen MR) is 79.8 cm³/mol. The number of nitrogens with one attached hydrogen (secondary N) is 1. The molecule has 2 rings (SSSR count). The normalized spacial score (nSPS) is 16.1. The van der Waals surface area contributed by atoms with E-state index in [-0.39, 0.29) is 22.7 Å². The van der Waals surface area contributed by atoms with Gasteiger partial charge in [0.25, 0.3) is 0 Å². The van der Waals surface area contributed by atoms with E-state index in [1.165, 1.54) is 0 Å². The maximum Gasteiger partial charge on any atom is 0.417 e. The molecule has 1 amide bonds. The van der Waals surface area contributed by atoms with Gasteiger partial charge in [-0.15, -0.1) is 0 Å². The quantitative estimate of drug-likeness (QED) is 0.854. The summed E-state index contributed by atoms with van der Waals surface area (Å²) >= 11 is 5.90. The summed E-state index contributed by atoms with van der Waals surface area (Å²) in [6, 6.07) is 0.829. The lowest BCUT2D eigenvalue weighted by atomic mass is 9.96. The lowest BCUT2D eigenvalue weighted by Gasteiger charge is -2.32. The maximum absolute atomic E-state index is 12.6. The number of amides is 1. The molecule has 10 heteroatoms. The summed E-state index contributed by atoms with van der Waals surface area (Å²) < 4.78 is 37.8. The van der Waals surface area contributed by atoms with Crippen LogP contribution in [-0.2, 0) is 15.8 Å². The number of nitrogens with zero attached hydrogens (tertiary/aromatic N) is 2. The van der Waals surface area contributed by atoms with Crippen LogP contribution >= 0.6 is 11.6 Å². The summed E-state index contributed by atoms with van der Waals surface area (Å²) in [5.74, 6) is -1.56. The number of aromatic nitrogens is 1. The first-order chi connectivity index (χ1) is 11.2. The lowest BCUT2D eigenvalue weighted by molar-refractivity contribution is -0.138. The van der Waals surface area contributed by atoms with Gasteiger partial charge >= 0.3 is 12.1 Å². The van der Waals surface area contributed by atoms with E-state index in [0.29, 0.717) is 25.9 Å². The van der Waals surface area contributed by atoms with Crippen LogP contribution in [0.25, 0.3) is 0 Å². The first-order valence-corrected chi connectivity index (χ1v) is 7.53. The van der Waals surface area contributed by atoms with Crippen LogP contribution in [0, 0.1) is 5.92 Å². The standard InChI is InChI=1S/C14H15ClF3N3O3/c15-10-5-9(14(16,17)18)6-19-12(10)21-3-1-8(2-4-21)13(24)20-7-11(22)23/h5-6,8H,1-4,7H2,(H,20,24)(H,22,23). The molecule has 0 bridgehead atoms. The molecule has 0 aromatic carbocycles. The highest BCUT2D eigenvalue weighted by Crippen LogP contribution is 2.34. The van der Waals surface area contributed by atoms with Crippen molar-refractivity contribution in [2.24, 2.45) is 5.92 Å². The van der Waals surface area contributed by atoms with E-state index in [0.717, 1.165) is 12.3 Å². The molecule has 0 aliphatic carbocycles. The van der Waals surface area contributed by atoms with Gasteiger partial charge in [-0.2, -0.15) is 13.2 Å². The number of aliphatic carboxylic acids is 1. The Labute approximate surface area is 140 Å². The number of rotatable bonds is 4. The number of alkyl halides is 3. The van der Waals surface area contributed by atoms with E-state index < -0.39 is 24.3 Å². The Morgan fingerprint density at radius 1 is 1.38 bits per heavy atom. The third-order valence-electron chi connectivity index (χ3n) is 3.73. The number of hydrogen-bond donors (Lipinski definition) is 2.